The average Bonchev–Trinajstić information content (AvgIpc) is 3.48. The largest absolute Gasteiger partial charge is 0.465 e. The number of nitrogens with zero attached hydrogens (tertiary/aromatic N) is 1. The normalized spacial score (nSPS) is 14.8. The number of aromatic nitrogens is 1. The maximum absolute atomic E-state index is 13.9. The van der Waals surface area contributed by atoms with Crippen molar-refractivity contribution in [3.63, 3.8) is 0 Å². The summed E-state index contributed by atoms with van der Waals surface area (Å²) in [6, 6.07) is 25.6. The van der Waals surface area contributed by atoms with Crippen molar-refractivity contribution in [1.29, 1.82) is 0 Å². The Kier molecular flexibility index (Phi) is 6.51. The van der Waals surface area contributed by atoms with Gasteiger partial charge in [-0.25, -0.2) is 4.79 Å². The molecule has 6 nitrogen and oxygen atoms in total. The third-order valence-corrected chi connectivity index (χ3v) is 7.37. The van der Waals surface area contributed by atoms with E-state index in [0.29, 0.717) is 25.8 Å². The number of H-pyrrole nitrogens is 1. The molecule has 0 bridgehead atoms. The fourth-order valence-corrected chi connectivity index (χ4v) is 5.57. The molecule has 0 fully saturated rings. The molecule has 0 saturated carbocycles. The predicted molar refractivity (Wildman–Crippen MR) is 141 cm³/mol. The van der Waals surface area contributed by atoms with Crippen molar-refractivity contribution >= 4 is 22.9 Å². The molecule has 5 rings (SSSR count). The zero-order valence-corrected chi connectivity index (χ0v) is 20.4. The number of nitrogens with one attached hydrogen (secondary N) is 2. The van der Waals surface area contributed by atoms with E-state index >= 15 is 0 Å². The van der Waals surface area contributed by atoms with Crippen LogP contribution in [0.2, 0.25) is 0 Å². The standard InChI is InChI=1S/C30H31N3O3/c1-30(19-24-20-32-27-14-8-7-13-26(24)27,28(34)31-16-15-21-9-3-2-4-10-21)33(29(35)36)25-17-22-11-5-6-12-23(22)18-25/h2-14,20,25,32H,15-19H2,1H3,(H,31,34)(H,35,36). The molecule has 3 aromatic carbocycles. The summed E-state index contributed by atoms with van der Waals surface area (Å²) in [6.45, 7) is 2.20. The molecule has 3 N–H and O–H groups in total. The van der Waals surface area contributed by atoms with E-state index in [4.69, 9.17) is 0 Å². The Morgan fingerprint density at radius 3 is 2.31 bits per heavy atom. The minimum absolute atomic E-state index is 0.271. The van der Waals surface area contributed by atoms with Gasteiger partial charge in [0, 0.05) is 36.1 Å². The summed E-state index contributed by atoms with van der Waals surface area (Å²) in [5, 5.41) is 14.5. The molecule has 0 saturated heterocycles. The smallest absolute Gasteiger partial charge is 0.408 e. The van der Waals surface area contributed by atoms with Crippen LogP contribution in [-0.4, -0.2) is 45.1 Å². The van der Waals surface area contributed by atoms with Gasteiger partial charge in [-0.2, -0.15) is 0 Å². The monoisotopic (exact) mass is 481 g/mol. The van der Waals surface area contributed by atoms with Gasteiger partial charge in [0.05, 0.1) is 0 Å². The number of benzene rings is 3. The zero-order valence-electron chi connectivity index (χ0n) is 20.4. The van der Waals surface area contributed by atoms with Crippen molar-refractivity contribution in [2.75, 3.05) is 6.54 Å². The van der Waals surface area contributed by atoms with Crippen LogP contribution in [0.15, 0.2) is 85.1 Å². The highest BCUT2D eigenvalue weighted by atomic mass is 16.4. The summed E-state index contributed by atoms with van der Waals surface area (Å²) >= 11 is 0. The van der Waals surface area contributed by atoms with Crippen LogP contribution in [0.25, 0.3) is 10.9 Å². The predicted octanol–water partition coefficient (Wildman–Crippen LogP) is 4.98. The lowest BCUT2D eigenvalue weighted by molar-refractivity contribution is -0.133. The molecule has 1 atom stereocenters. The van der Waals surface area contributed by atoms with Crippen LogP contribution < -0.4 is 5.32 Å². The zero-order chi connectivity index (χ0) is 25.1. The molecule has 4 aromatic rings. The van der Waals surface area contributed by atoms with Gasteiger partial charge in [-0.05, 0) is 54.5 Å². The number of carboxylic acid groups (broad SMARTS) is 1. The van der Waals surface area contributed by atoms with E-state index in [0.717, 1.165) is 33.2 Å². The Morgan fingerprint density at radius 1 is 0.972 bits per heavy atom. The lowest BCUT2D eigenvalue weighted by Gasteiger charge is -2.42. The SMILES string of the molecule is CC(Cc1c[nH]c2ccccc12)(C(=O)NCCc1ccccc1)N(C(=O)O)C1Cc2ccccc2C1. The van der Waals surface area contributed by atoms with Crippen molar-refractivity contribution in [3.05, 3.63) is 107 Å². The maximum atomic E-state index is 13.9. The summed E-state index contributed by atoms with van der Waals surface area (Å²) < 4.78 is 0. The summed E-state index contributed by atoms with van der Waals surface area (Å²) in [4.78, 5) is 31.4. The highest BCUT2D eigenvalue weighted by molar-refractivity contribution is 5.91. The molecule has 1 unspecified atom stereocenters. The number of carbonyl (C=O) groups is 2. The number of carbonyl (C=O) groups excluding carboxylic acids is 1. The van der Waals surface area contributed by atoms with Crippen molar-refractivity contribution < 1.29 is 14.7 Å². The molecule has 1 heterocycles. The molecule has 2 amide bonds. The van der Waals surface area contributed by atoms with Crippen molar-refractivity contribution in [2.24, 2.45) is 0 Å². The van der Waals surface area contributed by atoms with Crippen LogP contribution in [0, 0.1) is 0 Å². The fourth-order valence-electron chi connectivity index (χ4n) is 5.57. The Hall–Kier alpha value is -4.06. The van der Waals surface area contributed by atoms with Gasteiger partial charge in [0.25, 0.3) is 0 Å². The molecule has 0 spiro atoms. The van der Waals surface area contributed by atoms with Gasteiger partial charge in [0.2, 0.25) is 5.91 Å². The van der Waals surface area contributed by atoms with Gasteiger partial charge in [-0.15, -0.1) is 0 Å². The van der Waals surface area contributed by atoms with E-state index in [1.54, 1.807) is 6.92 Å². The molecule has 0 radical (unpaired) electrons. The quantitative estimate of drug-likeness (QED) is 0.332. The number of hydrogen-bond acceptors (Lipinski definition) is 2. The van der Waals surface area contributed by atoms with Crippen molar-refractivity contribution in [2.45, 2.75) is 44.2 Å². The van der Waals surface area contributed by atoms with Gasteiger partial charge in [-0.1, -0.05) is 72.8 Å². The number of hydrogen-bond donors (Lipinski definition) is 3. The Balaban J connectivity index is 1.46. The van der Waals surface area contributed by atoms with Crippen LogP contribution in [0.1, 0.15) is 29.2 Å². The van der Waals surface area contributed by atoms with Gasteiger partial charge in [0.15, 0.2) is 0 Å². The molecular weight excluding hydrogens is 450 g/mol. The number of para-hydroxylation sites is 1. The third kappa shape index (κ3) is 4.59. The van der Waals surface area contributed by atoms with Crippen LogP contribution in [-0.2, 0) is 30.5 Å². The topological polar surface area (TPSA) is 85.4 Å². The number of amides is 2. The van der Waals surface area contributed by atoms with E-state index in [1.165, 1.54) is 4.90 Å². The average molecular weight is 482 g/mol. The molecular formula is C30H31N3O3. The second-order valence-electron chi connectivity index (χ2n) is 9.78. The summed E-state index contributed by atoms with van der Waals surface area (Å²) in [7, 11) is 0. The molecule has 184 valence electrons. The summed E-state index contributed by atoms with van der Waals surface area (Å²) in [5.41, 5.74) is 4.01. The van der Waals surface area contributed by atoms with Gasteiger partial charge in [-0.3, -0.25) is 9.69 Å². The molecule has 1 aliphatic carbocycles. The first kappa shape index (κ1) is 23.7. The van der Waals surface area contributed by atoms with Crippen molar-refractivity contribution in [3.8, 4) is 0 Å². The van der Waals surface area contributed by atoms with Crippen LogP contribution >= 0.6 is 0 Å². The molecule has 6 heteroatoms. The van der Waals surface area contributed by atoms with Gasteiger partial charge < -0.3 is 15.4 Å². The Labute approximate surface area is 211 Å². The van der Waals surface area contributed by atoms with Crippen LogP contribution in [0.5, 0.6) is 0 Å². The van der Waals surface area contributed by atoms with E-state index in [1.807, 2.05) is 85.1 Å². The molecule has 36 heavy (non-hydrogen) atoms. The summed E-state index contributed by atoms with van der Waals surface area (Å²) in [5.74, 6) is -0.276. The van der Waals surface area contributed by atoms with E-state index in [-0.39, 0.29) is 18.4 Å². The first-order chi connectivity index (χ1) is 17.5. The third-order valence-electron chi connectivity index (χ3n) is 7.37. The maximum Gasteiger partial charge on any atom is 0.408 e. The van der Waals surface area contributed by atoms with Gasteiger partial charge in [0.1, 0.15) is 5.54 Å². The van der Waals surface area contributed by atoms with Gasteiger partial charge >= 0.3 is 6.09 Å². The molecule has 1 aliphatic rings. The first-order valence-corrected chi connectivity index (χ1v) is 12.4. The molecule has 1 aromatic heterocycles. The Morgan fingerprint density at radius 2 is 1.61 bits per heavy atom. The number of aromatic amines is 1. The molecule has 0 aliphatic heterocycles. The highest BCUT2D eigenvalue weighted by Gasteiger charge is 2.47. The minimum Gasteiger partial charge on any atom is -0.465 e. The number of fused-ring (bicyclic) bond motifs is 2. The second-order valence-corrected chi connectivity index (χ2v) is 9.78. The fraction of sp³-hybridized carbons (Fsp3) is 0.267. The first-order valence-electron chi connectivity index (χ1n) is 12.4. The lowest BCUT2D eigenvalue weighted by Crippen LogP contribution is -2.63. The highest BCUT2D eigenvalue weighted by Crippen LogP contribution is 2.33. The van der Waals surface area contributed by atoms with E-state index in [9.17, 15) is 14.7 Å². The Bertz CT molecular complexity index is 1360. The lowest BCUT2D eigenvalue weighted by atomic mass is 9.87. The van der Waals surface area contributed by atoms with Crippen LogP contribution in [0.4, 0.5) is 4.79 Å². The van der Waals surface area contributed by atoms with E-state index < -0.39 is 11.6 Å². The minimum atomic E-state index is -1.29. The number of rotatable bonds is 8. The summed E-state index contributed by atoms with van der Waals surface area (Å²) in [6.07, 6.45) is 2.97. The second kappa shape index (κ2) is 9.90. The van der Waals surface area contributed by atoms with Crippen molar-refractivity contribution in [1.82, 2.24) is 15.2 Å². The van der Waals surface area contributed by atoms with Crippen LogP contribution in [0.3, 0.4) is 0 Å². The van der Waals surface area contributed by atoms with E-state index in [2.05, 4.69) is 10.3 Å².